The highest BCUT2D eigenvalue weighted by molar-refractivity contribution is 9.10. The fourth-order valence-electron chi connectivity index (χ4n) is 2.42. The monoisotopic (exact) mass is 402 g/mol. The first-order valence-corrected chi connectivity index (χ1v) is 9.40. The first-order chi connectivity index (χ1) is 10.7. The largest absolute Gasteiger partial charge is 0.444 e. The van der Waals surface area contributed by atoms with E-state index >= 15 is 0 Å². The van der Waals surface area contributed by atoms with Crippen LogP contribution in [-0.4, -0.2) is 35.6 Å². The van der Waals surface area contributed by atoms with Gasteiger partial charge in [0.25, 0.3) is 0 Å². The number of nitrogens with zero attached hydrogens (tertiary/aromatic N) is 1. The van der Waals surface area contributed by atoms with Gasteiger partial charge in [-0.1, -0.05) is 0 Å². The Kier molecular flexibility index (Phi) is 6.08. The second kappa shape index (κ2) is 7.66. The van der Waals surface area contributed by atoms with E-state index in [9.17, 15) is 9.59 Å². The van der Waals surface area contributed by atoms with Gasteiger partial charge in [-0.25, -0.2) is 4.79 Å². The average molecular weight is 403 g/mol. The minimum absolute atomic E-state index is 0.0305. The third-order valence-corrected chi connectivity index (χ3v) is 5.27. The topological polar surface area (TPSA) is 58.6 Å². The number of hydrogen-bond donors (Lipinski definition) is 1. The molecule has 7 heteroatoms. The van der Waals surface area contributed by atoms with Crippen LogP contribution in [-0.2, 0) is 16.1 Å². The van der Waals surface area contributed by atoms with Crippen molar-refractivity contribution in [3.63, 3.8) is 0 Å². The van der Waals surface area contributed by atoms with Gasteiger partial charge in [0.15, 0.2) is 0 Å². The molecular weight excluding hydrogens is 380 g/mol. The highest BCUT2D eigenvalue weighted by atomic mass is 79.9. The summed E-state index contributed by atoms with van der Waals surface area (Å²) >= 11 is 5.02. The molecule has 0 aromatic carbocycles. The first-order valence-electron chi connectivity index (χ1n) is 7.73. The zero-order valence-electron chi connectivity index (χ0n) is 13.7. The van der Waals surface area contributed by atoms with E-state index in [2.05, 4.69) is 21.2 Å². The molecule has 1 saturated heterocycles. The molecule has 5 nitrogen and oxygen atoms in total. The van der Waals surface area contributed by atoms with E-state index in [4.69, 9.17) is 4.74 Å². The lowest BCUT2D eigenvalue weighted by molar-refractivity contribution is -0.126. The standard InChI is InChI=1S/C16H23BrN2O3S/c1-16(2,3)22-15(21)19-6-4-11(5-7-19)14(20)18-9-13-8-12(17)10-23-13/h8,10-11H,4-7,9H2,1-3H3,(H,18,20). The van der Waals surface area contributed by atoms with E-state index in [0.717, 1.165) is 9.35 Å². The van der Waals surface area contributed by atoms with E-state index in [-0.39, 0.29) is 17.9 Å². The summed E-state index contributed by atoms with van der Waals surface area (Å²) in [4.78, 5) is 27.0. The minimum Gasteiger partial charge on any atom is -0.444 e. The predicted molar refractivity (Wildman–Crippen MR) is 94.4 cm³/mol. The molecule has 0 unspecified atom stereocenters. The van der Waals surface area contributed by atoms with E-state index in [1.165, 1.54) is 0 Å². The van der Waals surface area contributed by atoms with Gasteiger partial charge in [0, 0.05) is 33.7 Å². The third-order valence-electron chi connectivity index (χ3n) is 3.58. The molecule has 2 amide bonds. The number of piperidine rings is 1. The molecule has 2 rings (SSSR count). The number of carbonyl (C=O) groups is 2. The molecule has 0 saturated carbocycles. The number of hydrogen-bond acceptors (Lipinski definition) is 4. The Morgan fingerprint density at radius 2 is 2.04 bits per heavy atom. The fraction of sp³-hybridized carbons (Fsp3) is 0.625. The number of thiophene rings is 1. The van der Waals surface area contributed by atoms with Crippen molar-refractivity contribution in [2.75, 3.05) is 13.1 Å². The third kappa shape index (κ3) is 5.80. The van der Waals surface area contributed by atoms with Crippen LogP contribution in [0.4, 0.5) is 4.79 Å². The quantitative estimate of drug-likeness (QED) is 0.836. The van der Waals surface area contributed by atoms with Crippen molar-refractivity contribution in [3.05, 3.63) is 20.8 Å². The number of nitrogens with one attached hydrogen (secondary N) is 1. The Balaban J connectivity index is 1.75. The summed E-state index contributed by atoms with van der Waals surface area (Å²) in [5, 5.41) is 4.98. The maximum atomic E-state index is 12.2. The highest BCUT2D eigenvalue weighted by Crippen LogP contribution is 2.22. The molecule has 1 aromatic heterocycles. The molecule has 0 radical (unpaired) electrons. The summed E-state index contributed by atoms with van der Waals surface area (Å²) in [5.41, 5.74) is -0.486. The fourth-order valence-corrected chi connectivity index (χ4v) is 3.81. The Morgan fingerprint density at radius 1 is 1.39 bits per heavy atom. The van der Waals surface area contributed by atoms with Gasteiger partial charge in [0.2, 0.25) is 5.91 Å². The van der Waals surface area contributed by atoms with Crippen LogP contribution in [0, 0.1) is 5.92 Å². The van der Waals surface area contributed by atoms with Crippen molar-refractivity contribution < 1.29 is 14.3 Å². The van der Waals surface area contributed by atoms with Crippen LogP contribution in [0.2, 0.25) is 0 Å². The van der Waals surface area contributed by atoms with Crippen LogP contribution < -0.4 is 5.32 Å². The summed E-state index contributed by atoms with van der Waals surface area (Å²) in [6.07, 6.45) is 1.07. The Bertz CT molecular complexity index is 560. The van der Waals surface area contributed by atoms with E-state index in [0.29, 0.717) is 32.5 Å². The number of amides is 2. The van der Waals surface area contributed by atoms with Crippen LogP contribution in [0.3, 0.4) is 0 Å². The van der Waals surface area contributed by atoms with Gasteiger partial charge < -0.3 is 15.0 Å². The molecule has 1 fully saturated rings. The van der Waals surface area contributed by atoms with Crippen molar-refractivity contribution >= 4 is 39.3 Å². The zero-order valence-corrected chi connectivity index (χ0v) is 16.1. The molecular formula is C16H23BrN2O3S. The maximum Gasteiger partial charge on any atom is 0.410 e. The van der Waals surface area contributed by atoms with Gasteiger partial charge in [0.05, 0.1) is 6.54 Å². The minimum atomic E-state index is -0.486. The van der Waals surface area contributed by atoms with Gasteiger partial charge >= 0.3 is 6.09 Å². The predicted octanol–water partition coefficient (Wildman–Crippen LogP) is 3.77. The summed E-state index contributed by atoms with van der Waals surface area (Å²) in [6.45, 7) is 7.26. The number of rotatable bonds is 3. The van der Waals surface area contributed by atoms with Crippen molar-refractivity contribution in [2.45, 2.75) is 45.8 Å². The summed E-state index contributed by atoms with van der Waals surface area (Å²) in [5.74, 6) is 0.0375. The molecule has 0 bridgehead atoms. The molecule has 0 spiro atoms. The second-order valence-electron chi connectivity index (χ2n) is 6.69. The number of likely N-dealkylation sites (tertiary alicyclic amines) is 1. The van der Waals surface area contributed by atoms with E-state index in [1.807, 2.05) is 32.2 Å². The summed E-state index contributed by atoms with van der Waals surface area (Å²) < 4.78 is 6.40. The molecule has 23 heavy (non-hydrogen) atoms. The number of carbonyl (C=O) groups excluding carboxylic acids is 2. The van der Waals surface area contributed by atoms with Gasteiger partial charge in [-0.3, -0.25) is 4.79 Å². The average Bonchev–Trinajstić information content (AvgIpc) is 2.89. The van der Waals surface area contributed by atoms with Crippen LogP contribution in [0.25, 0.3) is 0 Å². The molecule has 1 aliphatic rings. The van der Waals surface area contributed by atoms with Crippen LogP contribution >= 0.6 is 27.3 Å². The van der Waals surface area contributed by atoms with Crippen LogP contribution in [0.1, 0.15) is 38.5 Å². The number of ether oxygens (including phenoxy) is 1. The van der Waals surface area contributed by atoms with Crippen molar-refractivity contribution in [2.24, 2.45) is 5.92 Å². The van der Waals surface area contributed by atoms with Crippen LogP contribution in [0.5, 0.6) is 0 Å². The first kappa shape index (κ1) is 18.3. The van der Waals surface area contributed by atoms with Gasteiger partial charge in [-0.05, 0) is 55.6 Å². The SMILES string of the molecule is CC(C)(C)OC(=O)N1CCC(C(=O)NCc2cc(Br)cs2)CC1. The molecule has 0 atom stereocenters. The molecule has 0 aliphatic carbocycles. The molecule has 2 heterocycles. The van der Waals surface area contributed by atoms with Gasteiger partial charge in [0.1, 0.15) is 5.60 Å². The van der Waals surface area contributed by atoms with E-state index < -0.39 is 5.60 Å². The summed E-state index contributed by atoms with van der Waals surface area (Å²) in [6, 6.07) is 2.01. The van der Waals surface area contributed by atoms with Crippen molar-refractivity contribution in [1.29, 1.82) is 0 Å². The molecule has 1 aliphatic heterocycles. The smallest absolute Gasteiger partial charge is 0.410 e. The highest BCUT2D eigenvalue weighted by Gasteiger charge is 2.29. The lowest BCUT2D eigenvalue weighted by atomic mass is 9.96. The molecule has 128 valence electrons. The molecule has 1 N–H and O–H groups in total. The molecule has 1 aromatic rings. The van der Waals surface area contributed by atoms with Crippen LogP contribution in [0.15, 0.2) is 15.9 Å². The van der Waals surface area contributed by atoms with Crippen molar-refractivity contribution in [1.82, 2.24) is 10.2 Å². The number of halogens is 1. The maximum absolute atomic E-state index is 12.2. The lowest BCUT2D eigenvalue weighted by Gasteiger charge is -2.32. The lowest BCUT2D eigenvalue weighted by Crippen LogP contribution is -2.44. The summed E-state index contributed by atoms with van der Waals surface area (Å²) in [7, 11) is 0. The van der Waals surface area contributed by atoms with E-state index in [1.54, 1.807) is 16.2 Å². The normalized spacial score (nSPS) is 16.3. The van der Waals surface area contributed by atoms with Gasteiger partial charge in [-0.15, -0.1) is 11.3 Å². The Hall–Kier alpha value is -1.08. The van der Waals surface area contributed by atoms with Gasteiger partial charge in [-0.2, -0.15) is 0 Å². The Morgan fingerprint density at radius 3 is 2.57 bits per heavy atom. The zero-order chi connectivity index (χ0) is 17.0. The van der Waals surface area contributed by atoms with Crippen molar-refractivity contribution in [3.8, 4) is 0 Å². The Labute approximate surface area is 149 Å². The second-order valence-corrected chi connectivity index (χ2v) is 8.60.